The highest BCUT2D eigenvalue weighted by atomic mass is 16.5. The Morgan fingerprint density at radius 2 is 2.36 bits per heavy atom. The Kier molecular flexibility index (Phi) is 3.03. The van der Waals surface area contributed by atoms with Crippen LogP contribution in [0.2, 0.25) is 0 Å². The van der Waals surface area contributed by atoms with Crippen LogP contribution in [-0.4, -0.2) is 49.7 Å². The zero-order valence-electron chi connectivity index (χ0n) is 8.66. The highest BCUT2D eigenvalue weighted by Gasteiger charge is 2.27. The van der Waals surface area contributed by atoms with E-state index in [4.69, 9.17) is 4.74 Å². The Balaban J connectivity index is 1.82. The maximum absolute atomic E-state index is 11.9. The van der Waals surface area contributed by atoms with Crippen LogP contribution in [0.5, 0.6) is 0 Å². The van der Waals surface area contributed by atoms with Gasteiger partial charge in [0.1, 0.15) is 0 Å². The predicted octanol–water partition coefficient (Wildman–Crippen LogP) is -0.157. The maximum Gasteiger partial charge on any atom is 0.223 e. The number of nitrogens with one attached hydrogen (secondary N) is 1. The topological polar surface area (TPSA) is 41.6 Å². The first-order chi connectivity index (χ1) is 6.77. The predicted molar refractivity (Wildman–Crippen MR) is 53.0 cm³/mol. The summed E-state index contributed by atoms with van der Waals surface area (Å²) in [5.41, 5.74) is 0. The molecule has 1 amide bonds. The molecule has 0 spiro atoms. The minimum Gasteiger partial charge on any atom is -0.377 e. The van der Waals surface area contributed by atoms with Gasteiger partial charge < -0.3 is 15.0 Å². The van der Waals surface area contributed by atoms with Crippen LogP contribution in [0.25, 0.3) is 0 Å². The largest absolute Gasteiger partial charge is 0.377 e. The van der Waals surface area contributed by atoms with Gasteiger partial charge in [-0.25, -0.2) is 0 Å². The summed E-state index contributed by atoms with van der Waals surface area (Å²) in [5.74, 6) is 0.866. The number of carbonyl (C=O) groups is 1. The molecule has 2 heterocycles. The Bertz CT molecular complexity index is 216. The molecule has 0 bridgehead atoms. The molecule has 0 aliphatic carbocycles. The minimum atomic E-state index is 0.254. The van der Waals surface area contributed by atoms with Crippen LogP contribution in [0.4, 0.5) is 0 Å². The molecule has 0 saturated carbocycles. The molecule has 0 aromatic rings. The zero-order chi connectivity index (χ0) is 9.97. The van der Waals surface area contributed by atoms with Crippen LogP contribution < -0.4 is 5.32 Å². The minimum absolute atomic E-state index is 0.254. The number of carbonyl (C=O) groups excluding carboxylic acids is 1. The fourth-order valence-corrected chi connectivity index (χ4v) is 1.95. The summed E-state index contributed by atoms with van der Waals surface area (Å²) in [5, 5.41) is 3.19. The smallest absolute Gasteiger partial charge is 0.223 e. The van der Waals surface area contributed by atoms with Gasteiger partial charge in [0.15, 0.2) is 0 Å². The lowest BCUT2D eigenvalue weighted by Gasteiger charge is -2.35. The highest BCUT2D eigenvalue weighted by molar-refractivity contribution is 5.77. The number of hydrogen-bond acceptors (Lipinski definition) is 3. The molecule has 0 aromatic heterocycles. The van der Waals surface area contributed by atoms with Crippen molar-refractivity contribution in [2.75, 3.05) is 32.8 Å². The molecule has 4 heteroatoms. The van der Waals surface area contributed by atoms with Crippen molar-refractivity contribution in [2.45, 2.75) is 19.4 Å². The van der Waals surface area contributed by atoms with E-state index in [1.807, 2.05) is 4.90 Å². The Morgan fingerprint density at radius 1 is 1.57 bits per heavy atom. The molecule has 0 unspecified atom stereocenters. The second kappa shape index (κ2) is 4.28. The van der Waals surface area contributed by atoms with E-state index >= 15 is 0 Å². The summed E-state index contributed by atoms with van der Waals surface area (Å²) in [6, 6.07) is 0.254. The second-order valence-electron chi connectivity index (χ2n) is 4.24. The number of ether oxygens (including phenoxy) is 1. The first-order valence-corrected chi connectivity index (χ1v) is 5.35. The van der Waals surface area contributed by atoms with E-state index < -0.39 is 0 Å². The fourth-order valence-electron chi connectivity index (χ4n) is 1.95. The Labute approximate surface area is 84.6 Å². The van der Waals surface area contributed by atoms with Crippen molar-refractivity contribution in [3.05, 3.63) is 0 Å². The van der Waals surface area contributed by atoms with E-state index in [0.29, 0.717) is 31.5 Å². The van der Waals surface area contributed by atoms with E-state index in [2.05, 4.69) is 12.2 Å². The lowest BCUT2D eigenvalue weighted by Crippen LogP contribution is -2.50. The van der Waals surface area contributed by atoms with Crippen LogP contribution >= 0.6 is 0 Å². The Morgan fingerprint density at radius 3 is 2.93 bits per heavy atom. The number of morpholine rings is 1. The van der Waals surface area contributed by atoms with Gasteiger partial charge in [0.2, 0.25) is 5.91 Å². The lowest BCUT2D eigenvalue weighted by atomic mass is 9.98. The maximum atomic E-state index is 11.9. The molecule has 1 N–H and O–H groups in total. The summed E-state index contributed by atoms with van der Waals surface area (Å²) >= 11 is 0. The number of rotatable bonds is 2. The summed E-state index contributed by atoms with van der Waals surface area (Å²) in [4.78, 5) is 13.8. The van der Waals surface area contributed by atoms with Crippen molar-refractivity contribution in [1.82, 2.24) is 10.2 Å². The van der Waals surface area contributed by atoms with E-state index in [1.54, 1.807) is 0 Å². The van der Waals surface area contributed by atoms with Crippen molar-refractivity contribution >= 4 is 5.91 Å². The van der Waals surface area contributed by atoms with Gasteiger partial charge in [-0.05, 0) is 25.9 Å². The molecule has 2 aliphatic rings. The summed E-state index contributed by atoms with van der Waals surface area (Å²) in [6.07, 6.45) is 0.706. The second-order valence-corrected chi connectivity index (χ2v) is 4.24. The van der Waals surface area contributed by atoms with Crippen LogP contribution in [0.15, 0.2) is 0 Å². The first-order valence-electron chi connectivity index (χ1n) is 5.35. The van der Waals surface area contributed by atoms with Gasteiger partial charge in [-0.2, -0.15) is 0 Å². The first kappa shape index (κ1) is 9.93. The molecule has 4 nitrogen and oxygen atoms in total. The van der Waals surface area contributed by atoms with Crippen LogP contribution in [0.1, 0.15) is 13.3 Å². The van der Waals surface area contributed by atoms with Crippen molar-refractivity contribution in [3.8, 4) is 0 Å². The van der Waals surface area contributed by atoms with E-state index in [0.717, 1.165) is 19.6 Å². The molecular formula is C10H18N2O2. The van der Waals surface area contributed by atoms with E-state index in [9.17, 15) is 4.79 Å². The number of hydrogen-bond donors (Lipinski definition) is 1. The zero-order valence-corrected chi connectivity index (χ0v) is 8.66. The number of amides is 1. The van der Waals surface area contributed by atoms with Crippen LogP contribution in [0.3, 0.4) is 0 Å². The number of nitrogens with zero attached hydrogens (tertiary/aromatic N) is 1. The van der Waals surface area contributed by atoms with Crippen molar-refractivity contribution in [1.29, 1.82) is 0 Å². The van der Waals surface area contributed by atoms with E-state index in [1.165, 1.54) is 0 Å². The van der Waals surface area contributed by atoms with Gasteiger partial charge in [-0.3, -0.25) is 4.79 Å². The van der Waals surface area contributed by atoms with Gasteiger partial charge in [0.05, 0.1) is 19.3 Å². The summed E-state index contributed by atoms with van der Waals surface area (Å²) < 4.78 is 5.30. The van der Waals surface area contributed by atoms with Crippen molar-refractivity contribution in [3.63, 3.8) is 0 Å². The van der Waals surface area contributed by atoms with Gasteiger partial charge >= 0.3 is 0 Å². The molecule has 80 valence electrons. The van der Waals surface area contributed by atoms with Crippen molar-refractivity contribution in [2.24, 2.45) is 5.92 Å². The standard InChI is InChI=1S/C10H18N2O2/c1-8-7-14-3-2-12(8)10(13)4-9-5-11-6-9/h8-9,11H,2-7H2,1H3/t8-/m1/s1. The molecule has 2 saturated heterocycles. The molecule has 2 rings (SSSR count). The van der Waals surface area contributed by atoms with Gasteiger partial charge in [-0.1, -0.05) is 0 Å². The summed E-state index contributed by atoms with van der Waals surface area (Å²) in [7, 11) is 0. The normalized spacial score (nSPS) is 28.6. The highest BCUT2D eigenvalue weighted by Crippen LogP contribution is 2.14. The average molecular weight is 198 g/mol. The molecular weight excluding hydrogens is 180 g/mol. The fraction of sp³-hybridized carbons (Fsp3) is 0.900. The van der Waals surface area contributed by atoms with Gasteiger partial charge in [0.25, 0.3) is 0 Å². The average Bonchev–Trinajstić information content (AvgIpc) is 2.12. The molecule has 1 atom stereocenters. The van der Waals surface area contributed by atoms with Gasteiger partial charge in [0, 0.05) is 13.0 Å². The molecule has 2 fully saturated rings. The monoisotopic (exact) mass is 198 g/mol. The summed E-state index contributed by atoms with van der Waals surface area (Å²) in [6.45, 7) is 6.21. The van der Waals surface area contributed by atoms with Gasteiger partial charge in [-0.15, -0.1) is 0 Å². The van der Waals surface area contributed by atoms with Crippen molar-refractivity contribution < 1.29 is 9.53 Å². The lowest BCUT2D eigenvalue weighted by molar-refractivity contribution is -0.140. The van der Waals surface area contributed by atoms with Crippen LogP contribution in [0, 0.1) is 5.92 Å². The molecule has 0 aromatic carbocycles. The van der Waals surface area contributed by atoms with Crippen LogP contribution in [-0.2, 0) is 9.53 Å². The molecule has 14 heavy (non-hydrogen) atoms. The third-order valence-corrected chi connectivity index (χ3v) is 3.02. The quantitative estimate of drug-likeness (QED) is 0.670. The SMILES string of the molecule is C[C@@H]1COCCN1C(=O)CC1CNC1. The molecule has 0 radical (unpaired) electrons. The molecule has 2 aliphatic heterocycles. The third-order valence-electron chi connectivity index (χ3n) is 3.02. The van der Waals surface area contributed by atoms with E-state index in [-0.39, 0.29) is 6.04 Å². The third kappa shape index (κ3) is 2.07. The Hall–Kier alpha value is -0.610.